The van der Waals surface area contributed by atoms with E-state index in [1.807, 2.05) is 12.1 Å². The van der Waals surface area contributed by atoms with E-state index in [9.17, 15) is 5.11 Å². The van der Waals surface area contributed by atoms with E-state index >= 15 is 0 Å². The summed E-state index contributed by atoms with van der Waals surface area (Å²) in [7, 11) is 0. The predicted octanol–water partition coefficient (Wildman–Crippen LogP) is 3.67. The molecule has 0 amide bonds. The molecule has 1 atom stereocenters. The minimum Gasteiger partial charge on any atom is -0.467 e. The second-order valence-electron chi connectivity index (χ2n) is 3.73. The van der Waals surface area contributed by atoms with Gasteiger partial charge in [-0.25, -0.2) is 0 Å². The Bertz CT molecular complexity index is 216. The maximum atomic E-state index is 9.67. The van der Waals surface area contributed by atoms with E-state index in [0.29, 0.717) is 5.76 Å². The molecule has 0 fully saturated rings. The smallest absolute Gasteiger partial charge is 0.132 e. The van der Waals surface area contributed by atoms with Gasteiger partial charge in [-0.05, 0) is 18.6 Å². The largest absolute Gasteiger partial charge is 0.467 e. The van der Waals surface area contributed by atoms with Gasteiger partial charge in [0.15, 0.2) is 0 Å². The first-order valence-electron chi connectivity index (χ1n) is 5.56. The average Bonchev–Trinajstić information content (AvgIpc) is 2.70. The summed E-state index contributed by atoms with van der Waals surface area (Å²) in [5.41, 5.74) is 0. The van der Waals surface area contributed by atoms with Crippen molar-refractivity contribution in [1.82, 2.24) is 0 Å². The van der Waals surface area contributed by atoms with Crippen LogP contribution >= 0.6 is 0 Å². The zero-order valence-electron chi connectivity index (χ0n) is 8.91. The lowest BCUT2D eigenvalue weighted by Gasteiger charge is -2.06. The highest BCUT2D eigenvalue weighted by molar-refractivity contribution is 5.01. The summed E-state index contributed by atoms with van der Waals surface area (Å²) in [5, 5.41) is 9.67. The van der Waals surface area contributed by atoms with E-state index in [0.717, 1.165) is 12.8 Å². The van der Waals surface area contributed by atoms with Crippen molar-refractivity contribution < 1.29 is 9.52 Å². The third-order valence-electron chi connectivity index (χ3n) is 2.45. The number of hydrogen-bond acceptors (Lipinski definition) is 2. The van der Waals surface area contributed by atoms with Crippen molar-refractivity contribution in [2.75, 3.05) is 0 Å². The van der Waals surface area contributed by atoms with Crippen molar-refractivity contribution in [1.29, 1.82) is 0 Å². The van der Waals surface area contributed by atoms with Gasteiger partial charge in [-0.2, -0.15) is 0 Å². The van der Waals surface area contributed by atoms with Gasteiger partial charge in [-0.1, -0.05) is 39.0 Å². The standard InChI is InChI=1S/C12H20O2/c1-2-3-4-5-6-8-11(13)12-9-7-10-14-12/h7,9-11,13H,2-6,8H2,1H3/t11-/m0/s1. The van der Waals surface area contributed by atoms with Crippen LogP contribution in [-0.2, 0) is 0 Å². The Balaban J connectivity index is 2.07. The van der Waals surface area contributed by atoms with Crippen LogP contribution in [0, 0.1) is 0 Å². The molecular formula is C12H20O2. The van der Waals surface area contributed by atoms with E-state index in [1.165, 1.54) is 25.7 Å². The molecule has 0 aliphatic rings. The van der Waals surface area contributed by atoms with Crippen LogP contribution < -0.4 is 0 Å². The van der Waals surface area contributed by atoms with Crippen LogP contribution in [-0.4, -0.2) is 5.11 Å². The lowest BCUT2D eigenvalue weighted by atomic mass is 10.1. The van der Waals surface area contributed by atoms with Gasteiger partial charge in [0.2, 0.25) is 0 Å². The fourth-order valence-corrected chi connectivity index (χ4v) is 1.56. The van der Waals surface area contributed by atoms with Crippen LogP contribution in [0.2, 0.25) is 0 Å². The lowest BCUT2D eigenvalue weighted by Crippen LogP contribution is -1.95. The van der Waals surface area contributed by atoms with Crippen molar-refractivity contribution >= 4 is 0 Å². The normalized spacial score (nSPS) is 13.0. The Morgan fingerprint density at radius 2 is 2.07 bits per heavy atom. The molecule has 0 saturated heterocycles. The monoisotopic (exact) mass is 196 g/mol. The first kappa shape index (κ1) is 11.3. The van der Waals surface area contributed by atoms with Crippen LogP contribution in [0.25, 0.3) is 0 Å². The van der Waals surface area contributed by atoms with Crippen LogP contribution in [0.15, 0.2) is 22.8 Å². The molecule has 0 aliphatic heterocycles. The molecule has 1 aromatic heterocycles. The Kier molecular flexibility index (Phi) is 5.38. The SMILES string of the molecule is CCCCCCC[C@H](O)c1ccco1. The lowest BCUT2D eigenvalue weighted by molar-refractivity contribution is 0.136. The Labute approximate surface area is 85.9 Å². The first-order valence-corrected chi connectivity index (χ1v) is 5.56. The zero-order chi connectivity index (χ0) is 10.2. The van der Waals surface area contributed by atoms with Crippen LogP contribution in [0.1, 0.15) is 57.3 Å². The van der Waals surface area contributed by atoms with E-state index in [4.69, 9.17) is 4.42 Å². The molecule has 0 radical (unpaired) electrons. The molecule has 0 unspecified atom stereocenters. The van der Waals surface area contributed by atoms with Gasteiger partial charge in [0.05, 0.1) is 6.26 Å². The number of unbranched alkanes of at least 4 members (excludes halogenated alkanes) is 4. The second-order valence-corrected chi connectivity index (χ2v) is 3.73. The third kappa shape index (κ3) is 3.97. The van der Waals surface area contributed by atoms with Crippen LogP contribution in [0.3, 0.4) is 0 Å². The fourth-order valence-electron chi connectivity index (χ4n) is 1.56. The third-order valence-corrected chi connectivity index (χ3v) is 2.45. The van der Waals surface area contributed by atoms with Crippen molar-refractivity contribution in [3.05, 3.63) is 24.2 Å². The van der Waals surface area contributed by atoms with Gasteiger partial charge in [0.1, 0.15) is 11.9 Å². The molecule has 80 valence electrons. The van der Waals surface area contributed by atoms with E-state index in [-0.39, 0.29) is 0 Å². The molecule has 0 saturated carbocycles. The summed E-state index contributed by atoms with van der Waals surface area (Å²) in [6.45, 7) is 2.21. The van der Waals surface area contributed by atoms with Gasteiger partial charge in [0.25, 0.3) is 0 Å². The molecule has 1 rings (SSSR count). The highest BCUT2D eigenvalue weighted by Gasteiger charge is 2.08. The summed E-state index contributed by atoms with van der Waals surface area (Å²) in [5.74, 6) is 0.695. The van der Waals surface area contributed by atoms with Gasteiger partial charge in [-0.15, -0.1) is 0 Å². The molecule has 0 spiro atoms. The Morgan fingerprint density at radius 1 is 1.29 bits per heavy atom. The molecule has 0 bridgehead atoms. The Hall–Kier alpha value is -0.760. The van der Waals surface area contributed by atoms with E-state index < -0.39 is 6.10 Å². The van der Waals surface area contributed by atoms with Gasteiger partial charge >= 0.3 is 0 Å². The molecule has 0 aliphatic carbocycles. The number of aliphatic hydroxyl groups excluding tert-OH is 1. The van der Waals surface area contributed by atoms with Crippen LogP contribution in [0.4, 0.5) is 0 Å². The molecule has 14 heavy (non-hydrogen) atoms. The van der Waals surface area contributed by atoms with E-state index in [1.54, 1.807) is 6.26 Å². The van der Waals surface area contributed by atoms with Gasteiger partial charge in [-0.3, -0.25) is 0 Å². The minimum absolute atomic E-state index is 0.411. The average molecular weight is 196 g/mol. The second kappa shape index (κ2) is 6.66. The minimum atomic E-state index is -0.411. The number of hydrogen-bond donors (Lipinski definition) is 1. The molecule has 1 heterocycles. The summed E-state index contributed by atoms with van der Waals surface area (Å²) in [6, 6.07) is 3.65. The maximum absolute atomic E-state index is 9.67. The fraction of sp³-hybridized carbons (Fsp3) is 0.667. The number of rotatable bonds is 7. The maximum Gasteiger partial charge on any atom is 0.132 e. The van der Waals surface area contributed by atoms with Crippen molar-refractivity contribution in [3.63, 3.8) is 0 Å². The molecule has 1 aromatic rings. The highest BCUT2D eigenvalue weighted by Crippen LogP contribution is 2.20. The van der Waals surface area contributed by atoms with Crippen molar-refractivity contribution in [2.45, 2.75) is 51.6 Å². The topological polar surface area (TPSA) is 33.4 Å². The van der Waals surface area contributed by atoms with Crippen molar-refractivity contribution in [2.24, 2.45) is 0 Å². The summed E-state index contributed by atoms with van der Waals surface area (Å²) < 4.78 is 5.12. The Morgan fingerprint density at radius 3 is 2.71 bits per heavy atom. The quantitative estimate of drug-likeness (QED) is 0.675. The van der Waals surface area contributed by atoms with Crippen LogP contribution in [0.5, 0.6) is 0 Å². The zero-order valence-corrected chi connectivity index (χ0v) is 8.91. The number of furan rings is 1. The highest BCUT2D eigenvalue weighted by atomic mass is 16.4. The van der Waals surface area contributed by atoms with Gasteiger partial charge in [0, 0.05) is 0 Å². The predicted molar refractivity (Wildman–Crippen MR) is 57.0 cm³/mol. The summed E-state index contributed by atoms with van der Waals surface area (Å²) >= 11 is 0. The molecule has 2 nitrogen and oxygen atoms in total. The van der Waals surface area contributed by atoms with Gasteiger partial charge < -0.3 is 9.52 Å². The summed E-state index contributed by atoms with van der Waals surface area (Å²) in [4.78, 5) is 0. The summed E-state index contributed by atoms with van der Waals surface area (Å²) in [6.07, 6.45) is 8.16. The molecular weight excluding hydrogens is 176 g/mol. The molecule has 1 N–H and O–H groups in total. The number of aliphatic hydroxyl groups is 1. The van der Waals surface area contributed by atoms with Crippen molar-refractivity contribution in [3.8, 4) is 0 Å². The molecule has 2 heteroatoms. The molecule has 0 aromatic carbocycles. The van der Waals surface area contributed by atoms with E-state index in [2.05, 4.69) is 6.92 Å². The first-order chi connectivity index (χ1) is 6.84.